The van der Waals surface area contributed by atoms with Gasteiger partial charge in [0.2, 0.25) is 11.8 Å². The zero-order chi connectivity index (χ0) is 14.0. The molecular formula is C14H20N2O2S. The van der Waals surface area contributed by atoms with Gasteiger partial charge in [-0.3, -0.25) is 19.8 Å². The SMILES string of the molecule is CCN1C(=O)CC(NC(c2cccs2)C(C)C)C1=O. The number of rotatable bonds is 5. The van der Waals surface area contributed by atoms with E-state index in [4.69, 9.17) is 0 Å². The number of thiophene rings is 1. The highest BCUT2D eigenvalue weighted by Gasteiger charge is 2.39. The lowest BCUT2D eigenvalue weighted by Gasteiger charge is -2.24. The number of carbonyl (C=O) groups excluding carboxylic acids is 2. The molecule has 0 aromatic carbocycles. The van der Waals surface area contributed by atoms with E-state index in [1.54, 1.807) is 11.3 Å². The van der Waals surface area contributed by atoms with Crippen LogP contribution in [0.4, 0.5) is 0 Å². The Morgan fingerprint density at radius 1 is 1.47 bits per heavy atom. The Kier molecular flexibility index (Phi) is 4.37. The van der Waals surface area contributed by atoms with Gasteiger partial charge >= 0.3 is 0 Å². The van der Waals surface area contributed by atoms with Gasteiger partial charge in [0, 0.05) is 17.5 Å². The second kappa shape index (κ2) is 5.84. The Bertz CT molecular complexity index is 456. The van der Waals surface area contributed by atoms with Crippen LogP contribution in [0.15, 0.2) is 17.5 Å². The summed E-state index contributed by atoms with van der Waals surface area (Å²) >= 11 is 1.68. The molecule has 0 aliphatic carbocycles. The molecule has 2 heterocycles. The molecule has 1 aromatic heterocycles. The van der Waals surface area contributed by atoms with Gasteiger partial charge in [-0.05, 0) is 24.3 Å². The molecular weight excluding hydrogens is 260 g/mol. The van der Waals surface area contributed by atoms with Crippen LogP contribution in [0, 0.1) is 5.92 Å². The molecule has 2 rings (SSSR count). The predicted molar refractivity (Wildman–Crippen MR) is 75.8 cm³/mol. The lowest BCUT2D eigenvalue weighted by Crippen LogP contribution is -2.41. The Labute approximate surface area is 117 Å². The van der Waals surface area contributed by atoms with Crippen LogP contribution in [0.5, 0.6) is 0 Å². The van der Waals surface area contributed by atoms with Crippen LogP contribution in [0.3, 0.4) is 0 Å². The molecule has 0 radical (unpaired) electrons. The number of nitrogens with zero attached hydrogens (tertiary/aromatic N) is 1. The number of nitrogens with one attached hydrogen (secondary N) is 1. The number of likely N-dealkylation sites (N-methyl/N-ethyl adjacent to an activating group) is 1. The van der Waals surface area contributed by atoms with Gasteiger partial charge in [0.1, 0.15) is 0 Å². The largest absolute Gasteiger partial charge is 0.297 e. The maximum atomic E-state index is 12.1. The maximum Gasteiger partial charge on any atom is 0.246 e. The van der Waals surface area contributed by atoms with Gasteiger partial charge in [0.25, 0.3) is 0 Å². The third-order valence-electron chi connectivity index (χ3n) is 3.46. The van der Waals surface area contributed by atoms with Gasteiger partial charge in [-0.15, -0.1) is 11.3 Å². The van der Waals surface area contributed by atoms with E-state index in [9.17, 15) is 9.59 Å². The summed E-state index contributed by atoms with van der Waals surface area (Å²) in [5.41, 5.74) is 0. The normalized spacial score (nSPS) is 21.5. The van der Waals surface area contributed by atoms with E-state index in [0.717, 1.165) is 0 Å². The molecule has 1 aromatic rings. The molecule has 0 saturated carbocycles. The topological polar surface area (TPSA) is 49.4 Å². The minimum absolute atomic E-state index is 0.0707. The lowest BCUT2D eigenvalue weighted by atomic mass is 10.0. The van der Waals surface area contributed by atoms with Crippen molar-refractivity contribution in [2.45, 2.75) is 39.3 Å². The van der Waals surface area contributed by atoms with E-state index in [-0.39, 0.29) is 30.3 Å². The smallest absolute Gasteiger partial charge is 0.246 e. The van der Waals surface area contributed by atoms with Crippen molar-refractivity contribution in [1.82, 2.24) is 10.2 Å². The van der Waals surface area contributed by atoms with Gasteiger partial charge in [0.05, 0.1) is 12.5 Å². The van der Waals surface area contributed by atoms with Crippen molar-refractivity contribution in [3.63, 3.8) is 0 Å². The fourth-order valence-electron chi connectivity index (χ4n) is 2.43. The molecule has 5 heteroatoms. The molecule has 2 amide bonds. The number of carbonyl (C=O) groups is 2. The number of hydrogen-bond donors (Lipinski definition) is 1. The number of likely N-dealkylation sites (tertiary alicyclic amines) is 1. The zero-order valence-electron chi connectivity index (χ0n) is 11.6. The van der Waals surface area contributed by atoms with Crippen molar-refractivity contribution >= 4 is 23.2 Å². The van der Waals surface area contributed by atoms with E-state index in [1.165, 1.54) is 9.78 Å². The van der Waals surface area contributed by atoms with Crippen molar-refractivity contribution in [1.29, 1.82) is 0 Å². The van der Waals surface area contributed by atoms with E-state index >= 15 is 0 Å². The number of amides is 2. The number of imide groups is 1. The molecule has 1 saturated heterocycles. The van der Waals surface area contributed by atoms with Gasteiger partial charge in [-0.2, -0.15) is 0 Å². The van der Waals surface area contributed by atoms with Gasteiger partial charge in [-0.1, -0.05) is 19.9 Å². The average Bonchev–Trinajstić information content (AvgIpc) is 2.95. The van der Waals surface area contributed by atoms with Crippen LogP contribution in [0.1, 0.15) is 38.1 Å². The van der Waals surface area contributed by atoms with Crippen molar-refractivity contribution in [2.75, 3.05) is 6.54 Å². The molecule has 1 aliphatic heterocycles. The third kappa shape index (κ3) is 2.87. The van der Waals surface area contributed by atoms with Crippen LogP contribution in [0.25, 0.3) is 0 Å². The Hall–Kier alpha value is -1.20. The van der Waals surface area contributed by atoms with Crippen molar-refractivity contribution < 1.29 is 9.59 Å². The predicted octanol–water partition coefficient (Wildman–Crippen LogP) is 2.18. The first-order valence-electron chi connectivity index (χ1n) is 6.68. The summed E-state index contributed by atoms with van der Waals surface area (Å²) in [6.07, 6.45) is 0.279. The lowest BCUT2D eigenvalue weighted by molar-refractivity contribution is -0.138. The minimum Gasteiger partial charge on any atom is -0.297 e. The molecule has 104 valence electrons. The molecule has 0 spiro atoms. The Balaban J connectivity index is 2.11. The second-order valence-electron chi connectivity index (χ2n) is 5.14. The minimum atomic E-state index is -0.373. The van der Waals surface area contributed by atoms with Gasteiger partial charge < -0.3 is 0 Å². The molecule has 1 N–H and O–H groups in total. The highest BCUT2D eigenvalue weighted by Crippen LogP contribution is 2.28. The van der Waals surface area contributed by atoms with Crippen LogP contribution in [-0.2, 0) is 9.59 Å². The van der Waals surface area contributed by atoms with Crippen molar-refractivity contribution in [3.05, 3.63) is 22.4 Å². The quantitative estimate of drug-likeness (QED) is 0.841. The second-order valence-corrected chi connectivity index (χ2v) is 6.12. The third-order valence-corrected chi connectivity index (χ3v) is 4.41. The Morgan fingerprint density at radius 3 is 2.68 bits per heavy atom. The molecule has 2 atom stereocenters. The standard InChI is InChI=1S/C14H20N2O2S/c1-4-16-12(17)8-10(14(16)18)15-13(9(2)3)11-6-5-7-19-11/h5-7,9-10,13,15H,4,8H2,1-3H3. The van der Waals surface area contributed by atoms with E-state index in [2.05, 4.69) is 25.2 Å². The van der Waals surface area contributed by atoms with Gasteiger partial charge in [0.15, 0.2) is 0 Å². The first-order chi connectivity index (χ1) is 9.04. The molecule has 2 unspecified atom stereocenters. The van der Waals surface area contributed by atoms with Crippen LogP contribution in [0.2, 0.25) is 0 Å². The van der Waals surface area contributed by atoms with E-state index in [1.807, 2.05) is 18.4 Å². The first-order valence-corrected chi connectivity index (χ1v) is 7.56. The first kappa shape index (κ1) is 14.2. The summed E-state index contributed by atoms with van der Waals surface area (Å²) in [7, 11) is 0. The summed E-state index contributed by atoms with van der Waals surface area (Å²) in [4.78, 5) is 26.4. The molecule has 19 heavy (non-hydrogen) atoms. The van der Waals surface area contributed by atoms with Gasteiger partial charge in [-0.25, -0.2) is 0 Å². The number of hydrogen-bond acceptors (Lipinski definition) is 4. The molecule has 1 aliphatic rings. The van der Waals surface area contributed by atoms with Crippen LogP contribution < -0.4 is 5.32 Å². The zero-order valence-corrected chi connectivity index (χ0v) is 12.4. The molecule has 1 fully saturated rings. The molecule has 0 bridgehead atoms. The monoisotopic (exact) mass is 280 g/mol. The summed E-state index contributed by atoms with van der Waals surface area (Å²) in [5, 5.41) is 5.39. The maximum absolute atomic E-state index is 12.1. The van der Waals surface area contributed by atoms with Crippen molar-refractivity contribution in [3.8, 4) is 0 Å². The summed E-state index contributed by atoms with van der Waals surface area (Å²) < 4.78 is 0. The van der Waals surface area contributed by atoms with E-state index < -0.39 is 0 Å². The summed E-state index contributed by atoms with van der Waals surface area (Å²) in [6.45, 7) is 6.53. The average molecular weight is 280 g/mol. The van der Waals surface area contributed by atoms with Crippen LogP contribution in [-0.4, -0.2) is 29.3 Å². The highest BCUT2D eigenvalue weighted by molar-refractivity contribution is 7.10. The highest BCUT2D eigenvalue weighted by atomic mass is 32.1. The fourth-order valence-corrected chi connectivity index (χ4v) is 3.39. The molecule has 4 nitrogen and oxygen atoms in total. The van der Waals surface area contributed by atoms with Crippen LogP contribution >= 0.6 is 11.3 Å². The Morgan fingerprint density at radius 2 is 2.21 bits per heavy atom. The summed E-state index contributed by atoms with van der Waals surface area (Å²) in [6, 6.07) is 3.83. The van der Waals surface area contributed by atoms with E-state index in [0.29, 0.717) is 12.5 Å². The van der Waals surface area contributed by atoms with Crippen molar-refractivity contribution in [2.24, 2.45) is 5.92 Å². The fraction of sp³-hybridized carbons (Fsp3) is 0.571. The summed E-state index contributed by atoms with van der Waals surface area (Å²) in [5.74, 6) is 0.214.